The maximum atomic E-state index is 6.45. The molecule has 1 aromatic carbocycles. The molecule has 120 valence electrons. The van der Waals surface area contributed by atoms with Crippen molar-refractivity contribution in [2.24, 2.45) is 4.99 Å². The highest BCUT2D eigenvalue weighted by atomic mass is 35.5. The van der Waals surface area contributed by atoms with Crippen molar-refractivity contribution in [3.05, 3.63) is 63.9 Å². The molecule has 0 saturated heterocycles. The summed E-state index contributed by atoms with van der Waals surface area (Å²) in [6.07, 6.45) is 4.35. The molecule has 0 bridgehead atoms. The van der Waals surface area contributed by atoms with Crippen LogP contribution >= 0.6 is 23.2 Å². The Morgan fingerprint density at radius 3 is 2.83 bits per heavy atom. The molecule has 0 aliphatic carbocycles. The summed E-state index contributed by atoms with van der Waals surface area (Å²) in [5.74, 6) is 0. The Balaban J connectivity index is 1.97. The van der Waals surface area contributed by atoms with Gasteiger partial charge in [-0.2, -0.15) is 0 Å². The molecule has 0 spiro atoms. The molecule has 2 aromatic rings. The molecule has 0 amide bonds. The fraction of sp³-hybridized carbons (Fsp3) is 0.294. The van der Waals surface area contributed by atoms with Gasteiger partial charge in [-0.15, -0.1) is 0 Å². The zero-order valence-corrected chi connectivity index (χ0v) is 14.3. The maximum Gasteiger partial charge on any atom is 0.287 e. The van der Waals surface area contributed by atoms with E-state index in [9.17, 15) is 0 Å². The Morgan fingerprint density at radius 2 is 2.13 bits per heavy atom. The number of rotatable bonds is 4. The van der Waals surface area contributed by atoms with Crippen molar-refractivity contribution in [3.8, 4) is 0 Å². The number of likely N-dealkylation sites (N-methyl/N-ethyl adjacent to an activating group) is 1. The molecule has 0 radical (unpaired) electrons. The first-order valence-electron chi connectivity index (χ1n) is 7.39. The molecule has 0 N–H and O–H groups in total. The lowest BCUT2D eigenvalue weighted by atomic mass is 9.98. The van der Waals surface area contributed by atoms with Gasteiger partial charge >= 0.3 is 0 Å². The Bertz CT molecular complexity index is 706. The average Bonchev–Trinajstić information content (AvgIpc) is 3.10. The maximum absolute atomic E-state index is 6.45. The van der Waals surface area contributed by atoms with Crippen molar-refractivity contribution < 1.29 is 4.74 Å². The predicted molar refractivity (Wildman–Crippen MR) is 93.2 cm³/mol. The molecular formula is C17H17Cl2N3O. The van der Waals surface area contributed by atoms with Crippen molar-refractivity contribution in [3.63, 3.8) is 0 Å². The highest BCUT2D eigenvalue weighted by molar-refractivity contribution is 6.42. The van der Waals surface area contributed by atoms with Crippen LogP contribution in [0, 0.1) is 0 Å². The third-order valence-electron chi connectivity index (χ3n) is 3.83. The number of hydrogen-bond acceptors (Lipinski definition) is 4. The summed E-state index contributed by atoms with van der Waals surface area (Å²) in [5.41, 5.74) is 2.06. The summed E-state index contributed by atoms with van der Waals surface area (Å²) < 4.78 is 5.61. The first-order valence-corrected chi connectivity index (χ1v) is 8.15. The lowest BCUT2D eigenvalue weighted by Crippen LogP contribution is -2.33. The molecule has 1 aromatic heterocycles. The highest BCUT2D eigenvalue weighted by Crippen LogP contribution is 2.34. The molecule has 23 heavy (non-hydrogen) atoms. The second-order valence-corrected chi connectivity index (χ2v) is 6.13. The van der Waals surface area contributed by atoms with Gasteiger partial charge in [-0.05, 0) is 29.7 Å². The first kappa shape index (κ1) is 16.1. The minimum absolute atomic E-state index is 0.0396. The Kier molecular flexibility index (Phi) is 5.03. The number of ether oxygens (including phenoxy) is 1. The number of hydrogen-bond donors (Lipinski definition) is 0. The zero-order valence-electron chi connectivity index (χ0n) is 12.7. The van der Waals surface area contributed by atoms with Crippen molar-refractivity contribution in [2.45, 2.75) is 12.5 Å². The van der Waals surface area contributed by atoms with Gasteiger partial charge in [-0.3, -0.25) is 4.98 Å². The lowest BCUT2D eigenvalue weighted by Gasteiger charge is -2.30. The predicted octanol–water partition coefficient (Wildman–Crippen LogP) is 3.99. The topological polar surface area (TPSA) is 37.7 Å². The van der Waals surface area contributed by atoms with Crippen LogP contribution in [0.5, 0.6) is 0 Å². The van der Waals surface area contributed by atoms with Crippen LogP contribution in [0.4, 0.5) is 0 Å². The van der Waals surface area contributed by atoms with E-state index in [1.54, 1.807) is 12.3 Å². The summed E-state index contributed by atoms with van der Waals surface area (Å²) in [7, 11) is 1.96. The van der Waals surface area contributed by atoms with E-state index in [1.165, 1.54) is 0 Å². The van der Waals surface area contributed by atoms with Crippen LogP contribution in [0.3, 0.4) is 0 Å². The molecule has 4 nitrogen and oxygen atoms in total. The van der Waals surface area contributed by atoms with E-state index >= 15 is 0 Å². The molecule has 1 unspecified atom stereocenters. The molecular weight excluding hydrogens is 333 g/mol. The summed E-state index contributed by atoms with van der Waals surface area (Å²) in [4.78, 5) is 10.6. The van der Waals surface area contributed by atoms with E-state index in [0.717, 1.165) is 17.5 Å². The van der Waals surface area contributed by atoms with Gasteiger partial charge < -0.3 is 9.64 Å². The Morgan fingerprint density at radius 1 is 1.26 bits per heavy atom. The van der Waals surface area contributed by atoms with Gasteiger partial charge in [0, 0.05) is 19.4 Å². The molecule has 1 atom stereocenters. The van der Waals surface area contributed by atoms with Gasteiger partial charge in [0.2, 0.25) is 0 Å². The largest absolute Gasteiger partial charge is 0.463 e. The van der Waals surface area contributed by atoms with E-state index in [0.29, 0.717) is 29.2 Å². The number of amidine groups is 1. The van der Waals surface area contributed by atoms with Gasteiger partial charge in [0.05, 0.1) is 22.6 Å². The molecule has 0 fully saturated rings. The number of aliphatic imine (C=N–C) groups is 1. The van der Waals surface area contributed by atoms with Gasteiger partial charge in [0.25, 0.3) is 6.02 Å². The standard InChI is InChI=1S/C17H17Cl2N3O/c1-22(17-21-8-9-23-17)15(10-12-4-3-7-20-11-12)13-5-2-6-14(18)16(13)19/h2-7,11,15H,8-10H2,1H3. The number of halogens is 2. The average molecular weight is 350 g/mol. The van der Waals surface area contributed by atoms with Gasteiger partial charge in [0.1, 0.15) is 6.61 Å². The van der Waals surface area contributed by atoms with Crippen LogP contribution in [0.25, 0.3) is 0 Å². The third kappa shape index (κ3) is 3.59. The smallest absolute Gasteiger partial charge is 0.287 e. The van der Waals surface area contributed by atoms with E-state index in [2.05, 4.69) is 9.98 Å². The van der Waals surface area contributed by atoms with E-state index < -0.39 is 0 Å². The van der Waals surface area contributed by atoms with Crippen LogP contribution in [0.2, 0.25) is 10.0 Å². The summed E-state index contributed by atoms with van der Waals surface area (Å²) in [5, 5.41) is 1.11. The monoisotopic (exact) mass is 349 g/mol. The molecule has 3 rings (SSSR count). The zero-order chi connectivity index (χ0) is 16.2. The van der Waals surface area contributed by atoms with Gasteiger partial charge in [-0.1, -0.05) is 41.4 Å². The van der Waals surface area contributed by atoms with E-state index in [-0.39, 0.29) is 6.04 Å². The van der Waals surface area contributed by atoms with Crippen molar-refractivity contribution in [2.75, 3.05) is 20.2 Å². The van der Waals surface area contributed by atoms with Crippen LogP contribution in [0.15, 0.2) is 47.7 Å². The lowest BCUT2D eigenvalue weighted by molar-refractivity contribution is 0.247. The second-order valence-electron chi connectivity index (χ2n) is 5.35. The second kappa shape index (κ2) is 7.20. The van der Waals surface area contributed by atoms with Gasteiger partial charge in [0.15, 0.2) is 0 Å². The first-order chi connectivity index (χ1) is 11.2. The highest BCUT2D eigenvalue weighted by Gasteiger charge is 2.26. The Hall–Kier alpha value is -1.78. The fourth-order valence-electron chi connectivity index (χ4n) is 2.65. The third-order valence-corrected chi connectivity index (χ3v) is 4.66. The van der Waals surface area contributed by atoms with Crippen molar-refractivity contribution >= 4 is 29.2 Å². The van der Waals surface area contributed by atoms with Crippen LogP contribution < -0.4 is 0 Å². The molecule has 2 heterocycles. The molecule has 0 saturated carbocycles. The molecule has 1 aliphatic rings. The number of pyridine rings is 1. The SMILES string of the molecule is CN(C1=NCCO1)C(Cc1cccnc1)c1cccc(Cl)c1Cl. The Labute approximate surface area is 145 Å². The summed E-state index contributed by atoms with van der Waals surface area (Å²) in [6.45, 7) is 1.30. The van der Waals surface area contributed by atoms with Crippen LogP contribution in [-0.4, -0.2) is 36.1 Å². The fourth-order valence-corrected chi connectivity index (χ4v) is 3.08. The van der Waals surface area contributed by atoms with E-state index in [1.807, 2.05) is 42.4 Å². The van der Waals surface area contributed by atoms with Gasteiger partial charge in [-0.25, -0.2) is 4.99 Å². The minimum Gasteiger partial charge on any atom is -0.463 e. The van der Waals surface area contributed by atoms with Crippen molar-refractivity contribution in [1.29, 1.82) is 0 Å². The van der Waals surface area contributed by atoms with Crippen LogP contribution in [-0.2, 0) is 11.2 Å². The molecule has 1 aliphatic heterocycles. The number of nitrogens with zero attached hydrogens (tertiary/aromatic N) is 3. The quantitative estimate of drug-likeness (QED) is 0.837. The number of aromatic nitrogens is 1. The summed E-state index contributed by atoms with van der Waals surface area (Å²) in [6, 6.07) is 10.3. The van der Waals surface area contributed by atoms with Crippen molar-refractivity contribution in [1.82, 2.24) is 9.88 Å². The van der Waals surface area contributed by atoms with E-state index in [4.69, 9.17) is 27.9 Å². The number of benzene rings is 1. The normalized spacial score (nSPS) is 15.0. The van der Waals surface area contributed by atoms with Crippen LogP contribution in [0.1, 0.15) is 17.2 Å². The summed E-state index contributed by atoms with van der Waals surface area (Å²) >= 11 is 12.7. The minimum atomic E-state index is -0.0396. The molecule has 6 heteroatoms.